The van der Waals surface area contributed by atoms with Crippen LogP contribution < -0.4 is 0 Å². The molecule has 1 rings (SSSR count). The van der Waals surface area contributed by atoms with Crippen molar-refractivity contribution in [2.75, 3.05) is 0 Å². The summed E-state index contributed by atoms with van der Waals surface area (Å²) in [4.78, 5) is 0.442. The molecular formula is C6H7KO2S. The Balaban J connectivity index is 0.000000810. The third kappa shape index (κ3) is 3.38. The van der Waals surface area contributed by atoms with Gasteiger partial charge in [0.1, 0.15) is 0 Å². The van der Waals surface area contributed by atoms with Gasteiger partial charge in [-0.3, -0.25) is 0 Å². The normalized spacial score (nSPS) is 11.7. The second kappa shape index (κ2) is 5.60. The fourth-order valence-electron chi connectivity index (χ4n) is 0.537. The van der Waals surface area contributed by atoms with Gasteiger partial charge in [-0.05, 0) is 12.1 Å². The number of benzene rings is 1. The summed E-state index contributed by atoms with van der Waals surface area (Å²) < 4.78 is 18.8. The molecule has 0 saturated carbocycles. The predicted molar refractivity (Wildman–Crippen MR) is 42.6 cm³/mol. The van der Waals surface area contributed by atoms with E-state index in [1.165, 1.54) is 0 Å². The second-order valence-corrected chi connectivity index (χ2v) is 2.53. The SMILES string of the molecule is O=S(O)c1ccccc1.[KH]. The first-order valence-electron chi connectivity index (χ1n) is 2.46. The first-order chi connectivity index (χ1) is 4.30. The van der Waals surface area contributed by atoms with Gasteiger partial charge >= 0.3 is 51.4 Å². The molecule has 0 saturated heterocycles. The molecule has 1 aromatic carbocycles. The fourth-order valence-corrected chi connectivity index (χ4v) is 0.927. The van der Waals surface area contributed by atoms with Crippen molar-refractivity contribution in [3.8, 4) is 0 Å². The molecule has 0 fully saturated rings. The van der Waals surface area contributed by atoms with Crippen LogP contribution in [0.5, 0.6) is 0 Å². The van der Waals surface area contributed by atoms with Crippen LogP contribution in [0.4, 0.5) is 0 Å². The minimum atomic E-state index is -1.83. The molecule has 1 aromatic rings. The zero-order chi connectivity index (χ0) is 6.69. The topological polar surface area (TPSA) is 37.3 Å². The quantitative estimate of drug-likeness (QED) is 0.510. The van der Waals surface area contributed by atoms with Gasteiger partial charge in [-0.2, -0.15) is 0 Å². The Morgan fingerprint density at radius 1 is 1.20 bits per heavy atom. The van der Waals surface area contributed by atoms with Gasteiger partial charge in [-0.15, -0.1) is 0 Å². The summed E-state index contributed by atoms with van der Waals surface area (Å²) in [7, 11) is 0. The van der Waals surface area contributed by atoms with Crippen molar-refractivity contribution in [1.29, 1.82) is 0 Å². The van der Waals surface area contributed by atoms with Crippen LogP contribution in [-0.4, -0.2) is 60.1 Å². The standard InChI is InChI=1S/C6H6O2S.K.H/c7-9(8)6-4-2-1-3-5-6;;/h1-5H,(H,7,8);;. The zero-order valence-corrected chi connectivity index (χ0v) is 5.47. The molecule has 10 heavy (non-hydrogen) atoms. The van der Waals surface area contributed by atoms with Crippen LogP contribution in [0.15, 0.2) is 35.2 Å². The molecule has 0 aliphatic rings. The van der Waals surface area contributed by atoms with Gasteiger partial charge < -0.3 is 4.55 Å². The summed E-state index contributed by atoms with van der Waals surface area (Å²) >= 11 is -1.83. The van der Waals surface area contributed by atoms with Gasteiger partial charge in [0, 0.05) is 0 Å². The van der Waals surface area contributed by atoms with Crippen molar-refractivity contribution in [2.24, 2.45) is 0 Å². The Bertz CT molecular complexity index is 212. The van der Waals surface area contributed by atoms with Gasteiger partial charge in [-0.25, -0.2) is 4.21 Å². The number of hydrogen-bond acceptors (Lipinski definition) is 1. The Hall–Kier alpha value is 0.966. The summed E-state index contributed by atoms with van der Waals surface area (Å²) in [6.45, 7) is 0. The number of hydrogen-bond donors (Lipinski definition) is 1. The van der Waals surface area contributed by atoms with Crippen LogP contribution in [0.3, 0.4) is 0 Å². The van der Waals surface area contributed by atoms with E-state index in [2.05, 4.69) is 0 Å². The molecule has 4 heteroatoms. The maximum absolute atomic E-state index is 10.3. The molecule has 0 spiro atoms. The van der Waals surface area contributed by atoms with E-state index in [0.717, 1.165) is 0 Å². The monoisotopic (exact) mass is 182 g/mol. The average molecular weight is 182 g/mol. The van der Waals surface area contributed by atoms with Gasteiger partial charge in [0.25, 0.3) is 0 Å². The summed E-state index contributed by atoms with van der Waals surface area (Å²) in [5.74, 6) is 0. The van der Waals surface area contributed by atoms with Crippen molar-refractivity contribution >= 4 is 62.5 Å². The van der Waals surface area contributed by atoms with Crippen LogP contribution >= 0.6 is 0 Å². The minimum absolute atomic E-state index is 0. The van der Waals surface area contributed by atoms with Gasteiger partial charge in [-0.1, -0.05) is 18.2 Å². The fraction of sp³-hybridized carbons (Fsp3) is 0. The van der Waals surface area contributed by atoms with Crippen molar-refractivity contribution in [2.45, 2.75) is 4.90 Å². The van der Waals surface area contributed by atoms with Crippen LogP contribution in [0.1, 0.15) is 0 Å². The van der Waals surface area contributed by atoms with Crippen molar-refractivity contribution in [3.63, 3.8) is 0 Å². The molecule has 1 atom stereocenters. The average Bonchev–Trinajstić information content (AvgIpc) is 1.90. The molecule has 0 amide bonds. The van der Waals surface area contributed by atoms with Crippen LogP contribution in [0.2, 0.25) is 0 Å². The van der Waals surface area contributed by atoms with Crippen molar-refractivity contribution in [1.82, 2.24) is 0 Å². The van der Waals surface area contributed by atoms with E-state index in [0.29, 0.717) is 4.90 Å². The molecule has 0 aromatic heterocycles. The van der Waals surface area contributed by atoms with E-state index in [4.69, 9.17) is 4.55 Å². The molecule has 1 unspecified atom stereocenters. The Labute approximate surface area is 105 Å². The van der Waals surface area contributed by atoms with E-state index in [-0.39, 0.29) is 51.4 Å². The van der Waals surface area contributed by atoms with Crippen molar-refractivity contribution in [3.05, 3.63) is 30.3 Å². The first kappa shape index (κ1) is 11.0. The van der Waals surface area contributed by atoms with Crippen LogP contribution in [0, 0.1) is 0 Å². The summed E-state index contributed by atoms with van der Waals surface area (Å²) in [6, 6.07) is 8.47. The van der Waals surface area contributed by atoms with Gasteiger partial charge in [0.05, 0.1) is 4.90 Å². The molecule has 0 aliphatic heterocycles. The molecular weight excluding hydrogens is 175 g/mol. The van der Waals surface area contributed by atoms with Gasteiger partial charge in [0.15, 0.2) is 11.1 Å². The van der Waals surface area contributed by atoms with E-state index in [1.807, 2.05) is 0 Å². The molecule has 0 radical (unpaired) electrons. The van der Waals surface area contributed by atoms with E-state index >= 15 is 0 Å². The molecule has 50 valence electrons. The third-order valence-corrected chi connectivity index (χ3v) is 1.62. The number of rotatable bonds is 1. The van der Waals surface area contributed by atoms with Crippen molar-refractivity contribution < 1.29 is 8.76 Å². The molecule has 0 heterocycles. The first-order valence-corrected chi connectivity index (χ1v) is 3.57. The summed E-state index contributed by atoms with van der Waals surface area (Å²) in [6.07, 6.45) is 0. The summed E-state index contributed by atoms with van der Waals surface area (Å²) in [5.41, 5.74) is 0. The van der Waals surface area contributed by atoms with Crippen LogP contribution in [-0.2, 0) is 11.1 Å². The van der Waals surface area contributed by atoms with E-state index in [1.54, 1.807) is 30.3 Å². The molecule has 1 N–H and O–H groups in total. The molecule has 0 aliphatic carbocycles. The van der Waals surface area contributed by atoms with Crippen LogP contribution in [0.25, 0.3) is 0 Å². The second-order valence-electron chi connectivity index (χ2n) is 1.56. The van der Waals surface area contributed by atoms with E-state index < -0.39 is 11.1 Å². The molecule has 2 nitrogen and oxygen atoms in total. The van der Waals surface area contributed by atoms with Gasteiger partial charge in [0.2, 0.25) is 0 Å². The Morgan fingerprint density at radius 3 is 2.00 bits per heavy atom. The Morgan fingerprint density at radius 2 is 1.70 bits per heavy atom. The van der Waals surface area contributed by atoms with E-state index in [9.17, 15) is 4.21 Å². The summed E-state index contributed by atoms with van der Waals surface area (Å²) in [5, 5.41) is 0. The maximum atomic E-state index is 10.3. The third-order valence-electron chi connectivity index (χ3n) is 0.945. The molecule has 0 bridgehead atoms. The predicted octanol–water partition coefficient (Wildman–Crippen LogP) is 0.619. The Kier molecular flexibility index (Phi) is 6.14. The zero-order valence-electron chi connectivity index (χ0n) is 4.65.